The highest BCUT2D eigenvalue weighted by atomic mass is 35.5. The molecule has 1 aliphatic heterocycles. The molecule has 1 aromatic heterocycles. The second kappa shape index (κ2) is 8.77. The molecule has 1 atom stereocenters. The first-order valence-corrected chi connectivity index (χ1v) is 9.96. The highest BCUT2D eigenvalue weighted by molar-refractivity contribution is 7.09. The molecule has 2 heterocycles. The van der Waals surface area contributed by atoms with Crippen LogP contribution in [0.1, 0.15) is 31.2 Å². The average Bonchev–Trinajstić information content (AvgIpc) is 3.10. The smallest absolute Gasteiger partial charge is 0.237 e. The van der Waals surface area contributed by atoms with Gasteiger partial charge in [-0.3, -0.25) is 4.79 Å². The van der Waals surface area contributed by atoms with Gasteiger partial charge in [0.05, 0.1) is 0 Å². The van der Waals surface area contributed by atoms with Gasteiger partial charge in [0.25, 0.3) is 0 Å². The zero-order valence-corrected chi connectivity index (χ0v) is 16.2. The Labute approximate surface area is 161 Å². The standard InChI is InChI=1S/C18H22ClFN4OS/c1-12(19)17(25)21-11-14-6-8-24(9-7-14)18-22-16(23-26-18)10-13-2-4-15(20)5-3-13/h2-5,12,14H,6-11H2,1H3,(H,21,25). The van der Waals surface area contributed by atoms with Gasteiger partial charge in [-0.15, -0.1) is 11.6 Å². The van der Waals surface area contributed by atoms with Crippen LogP contribution in [0.15, 0.2) is 24.3 Å². The number of hydrogen-bond acceptors (Lipinski definition) is 5. The van der Waals surface area contributed by atoms with Crippen LogP contribution in [0.25, 0.3) is 0 Å². The van der Waals surface area contributed by atoms with E-state index >= 15 is 0 Å². The minimum Gasteiger partial charge on any atom is -0.355 e. The van der Waals surface area contributed by atoms with E-state index in [9.17, 15) is 9.18 Å². The van der Waals surface area contributed by atoms with Crippen LogP contribution in [-0.2, 0) is 11.2 Å². The average molecular weight is 397 g/mol. The van der Waals surface area contributed by atoms with Gasteiger partial charge in [0, 0.05) is 37.6 Å². The lowest BCUT2D eigenvalue weighted by Crippen LogP contribution is -2.40. The molecule has 8 heteroatoms. The summed E-state index contributed by atoms with van der Waals surface area (Å²) in [6, 6.07) is 6.43. The lowest BCUT2D eigenvalue weighted by Gasteiger charge is -2.31. The molecule has 3 rings (SSSR count). The molecule has 0 radical (unpaired) electrons. The molecule has 0 spiro atoms. The fourth-order valence-corrected chi connectivity index (χ4v) is 3.76. The van der Waals surface area contributed by atoms with Crippen molar-refractivity contribution in [2.24, 2.45) is 5.92 Å². The second-order valence-corrected chi connectivity index (χ2v) is 7.97. The number of nitrogens with zero attached hydrogens (tertiary/aromatic N) is 3. The summed E-state index contributed by atoms with van der Waals surface area (Å²) in [5, 5.41) is 3.34. The van der Waals surface area contributed by atoms with E-state index in [1.807, 2.05) is 0 Å². The summed E-state index contributed by atoms with van der Waals surface area (Å²) < 4.78 is 17.4. The van der Waals surface area contributed by atoms with E-state index in [0.29, 0.717) is 18.9 Å². The summed E-state index contributed by atoms with van der Waals surface area (Å²) >= 11 is 7.17. The molecule has 26 heavy (non-hydrogen) atoms. The van der Waals surface area contributed by atoms with Crippen molar-refractivity contribution < 1.29 is 9.18 Å². The van der Waals surface area contributed by atoms with E-state index in [-0.39, 0.29) is 11.7 Å². The van der Waals surface area contributed by atoms with Crippen molar-refractivity contribution in [1.82, 2.24) is 14.7 Å². The van der Waals surface area contributed by atoms with Crippen LogP contribution in [0.5, 0.6) is 0 Å². The molecular weight excluding hydrogens is 375 g/mol. The molecular formula is C18H22ClFN4OS. The van der Waals surface area contributed by atoms with Crippen LogP contribution >= 0.6 is 23.1 Å². The predicted octanol–water partition coefficient (Wildman–Crippen LogP) is 3.23. The number of piperidine rings is 1. The van der Waals surface area contributed by atoms with Crippen molar-refractivity contribution in [3.8, 4) is 0 Å². The van der Waals surface area contributed by atoms with Gasteiger partial charge in [-0.05, 0) is 43.4 Å². The Hall–Kier alpha value is -1.73. The van der Waals surface area contributed by atoms with Crippen molar-refractivity contribution in [3.05, 3.63) is 41.5 Å². The quantitative estimate of drug-likeness (QED) is 0.761. The molecule has 2 aromatic rings. The molecule has 0 aliphatic carbocycles. The molecule has 5 nitrogen and oxygen atoms in total. The SMILES string of the molecule is CC(Cl)C(=O)NCC1CCN(c2nc(Cc3ccc(F)cc3)ns2)CC1. The topological polar surface area (TPSA) is 58.1 Å². The number of amides is 1. The van der Waals surface area contributed by atoms with E-state index in [0.717, 1.165) is 42.5 Å². The highest BCUT2D eigenvalue weighted by Crippen LogP contribution is 2.25. The molecule has 1 unspecified atom stereocenters. The van der Waals surface area contributed by atoms with Gasteiger partial charge in [0.2, 0.25) is 11.0 Å². The first-order chi connectivity index (χ1) is 12.5. The minimum atomic E-state index is -0.490. The molecule has 0 bridgehead atoms. The third kappa shape index (κ3) is 5.14. The van der Waals surface area contributed by atoms with Gasteiger partial charge in [0.1, 0.15) is 17.0 Å². The Morgan fingerprint density at radius 1 is 1.38 bits per heavy atom. The lowest BCUT2D eigenvalue weighted by atomic mass is 9.97. The number of rotatable bonds is 6. The number of carbonyl (C=O) groups is 1. The summed E-state index contributed by atoms with van der Waals surface area (Å²) in [5.41, 5.74) is 0.999. The van der Waals surface area contributed by atoms with Gasteiger partial charge in [-0.1, -0.05) is 12.1 Å². The van der Waals surface area contributed by atoms with Gasteiger partial charge in [0.15, 0.2) is 0 Å². The molecule has 0 saturated carbocycles. The third-order valence-corrected chi connectivity index (χ3v) is 5.56. The summed E-state index contributed by atoms with van der Waals surface area (Å²) in [6.07, 6.45) is 2.61. The van der Waals surface area contributed by atoms with Crippen molar-refractivity contribution in [2.75, 3.05) is 24.5 Å². The van der Waals surface area contributed by atoms with Gasteiger partial charge in [-0.25, -0.2) is 9.37 Å². The summed E-state index contributed by atoms with van der Waals surface area (Å²) in [5.74, 6) is 0.892. The number of nitrogens with one attached hydrogen (secondary N) is 1. The van der Waals surface area contributed by atoms with Crippen LogP contribution in [-0.4, -0.2) is 40.3 Å². The molecule has 1 aliphatic rings. The fourth-order valence-electron chi connectivity index (χ4n) is 2.94. The van der Waals surface area contributed by atoms with Crippen molar-refractivity contribution in [2.45, 2.75) is 31.6 Å². The molecule has 1 saturated heterocycles. The first-order valence-electron chi connectivity index (χ1n) is 8.75. The number of carbonyl (C=O) groups excluding carboxylic acids is 1. The van der Waals surface area contributed by atoms with E-state index in [1.165, 1.54) is 23.7 Å². The van der Waals surface area contributed by atoms with Crippen LogP contribution in [0.4, 0.5) is 9.52 Å². The maximum absolute atomic E-state index is 13.0. The van der Waals surface area contributed by atoms with E-state index in [1.54, 1.807) is 19.1 Å². The van der Waals surface area contributed by atoms with Crippen molar-refractivity contribution in [3.63, 3.8) is 0 Å². The van der Waals surface area contributed by atoms with Gasteiger partial charge < -0.3 is 10.2 Å². The van der Waals surface area contributed by atoms with Crippen LogP contribution in [0.2, 0.25) is 0 Å². The number of benzene rings is 1. The Kier molecular flexibility index (Phi) is 6.43. The zero-order chi connectivity index (χ0) is 18.5. The summed E-state index contributed by atoms with van der Waals surface area (Å²) in [7, 11) is 0. The number of aromatic nitrogens is 2. The Morgan fingerprint density at radius 2 is 2.08 bits per heavy atom. The number of alkyl halides is 1. The largest absolute Gasteiger partial charge is 0.355 e. The van der Waals surface area contributed by atoms with Crippen molar-refractivity contribution in [1.29, 1.82) is 0 Å². The van der Waals surface area contributed by atoms with Gasteiger partial charge in [-0.2, -0.15) is 4.37 Å². The second-order valence-electron chi connectivity index (χ2n) is 6.59. The van der Waals surface area contributed by atoms with Crippen molar-refractivity contribution >= 4 is 34.2 Å². The highest BCUT2D eigenvalue weighted by Gasteiger charge is 2.22. The number of halogens is 2. The van der Waals surface area contributed by atoms with Crippen LogP contribution in [0.3, 0.4) is 0 Å². The van der Waals surface area contributed by atoms with E-state index in [2.05, 4.69) is 19.6 Å². The van der Waals surface area contributed by atoms with E-state index < -0.39 is 5.38 Å². The molecule has 1 amide bonds. The summed E-state index contributed by atoms with van der Waals surface area (Å²) in [4.78, 5) is 18.4. The minimum absolute atomic E-state index is 0.108. The van der Waals surface area contributed by atoms with Crippen LogP contribution < -0.4 is 10.2 Å². The molecule has 140 valence electrons. The monoisotopic (exact) mass is 396 g/mol. The zero-order valence-electron chi connectivity index (χ0n) is 14.6. The lowest BCUT2D eigenvalue weighted by molar-refractivity contribution is -0.120. The Balaban J connectivity index is 1.48. The molecule has 1 fully saturated rings. The van der Waals surface area contributed by atoms with E-state index in [4.69, 9.17) is 11.6 Å². The molecule has 1 aromatic carbocycles. The maximum Gasteiger partial charge on any atom is 0.237 e. The first kappa shape index (κ1) is 19.0. The van der Waals surface area contributed by atoms with Gasteiger partial charge >= 0.3 is 0 Å². The predicted molar refractivity (Wildman–Crippen MR) is 102 cm³/mol. The maximum atomic E-state index is 13.0. The summed E-state index contributed by atoms with van der Waals surface area (Å²) in [6.45, 7) is 4.17. The Morgan fingerprint density at radius 3 is 2.73 bits per heavy atom. The fraction of sp³-hybridized carbons (Fsp3) is 0.500. The Bertz CT molecular complexity index is 729. The molecule has 1 N–H and O–H groups in total. The number of hydrogen-bond donors (Lipinski definition) is 1. The third-order valence-electron chi connectivity index (χ3n) is 4.54. The number of anilines is 1. The van der Waals surface area contributed by atoms with Crippen LogP contribution in [0, 0.1) is 11.7 Å². The normalized spacial score (nSPS) is 16.5.